The Hall–Kier alpha value is -2.12. The molecule has 5 nitrogen and oxygen atoms in total. The maximum absolute atomic E-state index is 12.4. The second kappa shape index (κ2) is 7.63. The fourth-order valence-electron chi connectivity index (χ4n) is 2.61. The Balaban J connectivity index is 1.67. The predicted octanol–water partition coefficient (Wildman–Crippen LogP) is 4.17. The van der Waals surface area contributed by atoms with Gasteiger partial charge in [-0.05, 0) is 51.0 Å². The summed E-state index contributed by atoms with van der Waals surface area (Å²) in [6, 6.07) is 7.71. The molecule has 0 spiro atoms. The van der Waals surface area contributed by atoms with E-state index >= 15 is 0 Å². The first-order valence-corrected chi connectivity index (χ1v) is 10.2. The second-order valence-electron chi connectivity index (χ2n) is 6.29. The van der Waals surface area contributed by atoms with E-state index in [9.17, 15) is 9.59 Å². The molecule has 0 fully saturated rings. The molecular weight excluding hydrogens is 366 g/mol. The normalized spacial score (nSPS) is 12.3. The van der Waals surface area contributed by atoms with Crippen molar-refractivity contribution in [2.24, 2.45) is 0 Å². The lowest BCUT2D eigenvalue weighted by Gasteiger charge is -2.12. The lowest BCUT2D eigenvalue weighted by atomic mass is 10.2. The fraction of sp³-hybridized carbons (Fsp3) is 0.316. The molecule has 0 aliphatic heterocycles. The number of amides is 1. The molecule has 1 amide bonds. The topological polar surface area (TPSA) is 74.8 Å². The first kappa shape index (κ1) is 18.7. The van der Waals surface area contributed by atoms with Crippen LogP contribution in [0.25, 0.3) is 10.2 Å². The van der Waals surface area contributed by atoms with Crippen LogP contribution >= 0.6 is 23.1 Å². The van der Waals surface area contributed by atoms with Crippen LogP contribution in [0, 0.1) is 20.8 Å². The number of hydrogen-bond acceptors (Lipinski definition) is 5. The Labute approximate surface area is 160 Å². The Morgan fingerprint density at radius 1 is 1.35 bits per heavy atom. The number of H-pyrrole nitrogens is 1. The number of carbonyl (C=O) groups excluding carboxylic acids is 1. The standard InChI is InChI=1S/C19H21N3O2S2/c1-10-6-5-7-14(8-10)20-17(23)13(4)25-9-15-21-18(24)16-11(2)12(3)26-19(16)22-15/h5-8,13H,9H2,1-4H3,(H,20,23)(H,21,22,24). The average molecular weight is 388 g/mol. The Morgan fingerprint density at radius 2 is 2.12 bits per heavy atom. The lowest BCUT2D eigenvalue weighted by molar-refractivity contribution is -0.115. The number of aryl methyl sites for hydroxylation is 3. The number of nitrogens with zero attached hydrogens (tertiary/aromatic N) is 1. The largest absolute Gasteiger partial charge is 0.325 e. The van der Waals surface area contributed by atoms with Gasteiger partial charge in [0.2, 0.25) is 5.91 Å². The van der Waals surface area contributed by atoms with Crippen LogP contribution in [-0.2, 0) is 10.5 Å². The molecule has 7 heteroatoms. The number of hydrogen-bond donors (Lipinski definition) is 2. The Kier molecular flexibility index (Phi) is 5.48. The Morgan fingerprint density at radius 3 is 2.85 bits per heavy atom. The molecule has 0 aliphatic rings. The summed E-state index contributed by atoms with van der Waals surface area (Å²) in [6.45, 7) is 7.77. The van der Waals surface area contributed by atoms with E-state index in [1.807, 2.05) is 52.0 Å². The molecule has 0 aliphatic carbocycles. The summed E-state index contributed by atoms with van der Waals surface area (Å²) in [5.74, 6) is 1.01. The molecule has 1 aromatic carbocycles. The Bertz CT molecular complexity index is 1020. The minimum absolute atomic E-state index is 0.0631. The number of anilines is 1. The van der Waals surface area contributed by atoms with Crippen molar-refractivity contribution in [2.75, 3.05) is 5.32 Å². The number of benzene rings is 1. The van der Waals surface area contributed by atoms with Gasteiger partial charge in [-0.25, -0.2) is 4.98 Å². The minimum atomic E-state index is -0.261. The van der Waals surface area contributed by atoms with E-state index in [1.165, 1.54) is 23.1 Å². The van der Waals surface area contributed by atoms with Crippen molar-refractivity contribution in [3.63, 3.8) is 0 Å². The summed E-state index contributed by atoms with van der Waals surface area (Å²) in [6.07, 6.45) is 0. The molecule has 1 atom stereocenters. The zero-order valence-electron chi connectivity index (χ0n) is 15.2. The molecule has 3 rings (SSSR count). The number of nitrogens with one attached hydrogen (secondary N) is 2. The SMILES string of the molecule is Cc1cccc(NC(=O)C(C)SCc2nc3sc(C)c(C)c3c(=O)[nH]2)c1. The minimum Gasteiger partial charge on any atom is -0.325 e. The van der Waals surface area contributed by atoms with Crippen molar-refractivity contribution in [3.8, 4) is 0 Å². The third kappa shape index (κ3) is 3.99. The first-order chi connectivity index (χ1) is 12.3. The van der Waals surface area contributed by atoms with E-state index < -0.39 is 0 Å². The molecule has 26 heavy (non-hydrogen) atoms. The molecule has 3 aromatic rings. The summed E-state index contributed by atoms with van der Waals surface area (Å²) in [5.41, 5.74) is 2.77. The summed E-state index contributed by atoms with van der Waals surface area (Å²) in [7, 11) is 0. The molecule has 0 saturated carbocycles. The summed E-state index contributed by atoms with van der Waals surface area (Å²) >= 11 is 2.98. The van der Waals surface area contributed by atoms with Gasteiger partial charge in [0.05, 0.1) is 16.4 Å². The van der Waals surface area contributed by atoms with Gasteiger partial charge >= 0.3 is 0 Å². The number of fused-ring (bicyclic) bond motifs is 1. The van der Waals surface area contributed by atoms with Crippen molar-refractivity contribution in [2.45, 2.75) is 38.7 Å². The maximum atomic E-state index is 12.4. The van der Waals surface area contributed by atoms with Gasteiger partial charge in [-0.1, -0.05) is 12.1 Å². The van der Waals surface area contributed by atoms with Gasteiger partial charge in [0.1, 0.15) is 10.7 Å². The summed E-state index contributed by atoms with van der Waals surface area (Å²) in [5, 5.41) is 3.33. The summed E-state index contributed by atoms with van der Waals surface area (Å²) in [4.78, 5) is 33.9. The van der Waals surface area contributed by atoms with Gasteiger partial charge in [0, 0.05) is 10.6 Å². The van der Waals surface area contributed by atoms with Crippen LogP contribution in [0.2, 0.25) is 0 Å². The van der Waals surface area contributed by atoms with Crippen LogP contribution < -0.4 is 10.9 Å². The molecule has 2 aromatic heterocycles. The first-order valence-electron chi connectivity index (χ1n) is 8.33. The highest BCUT2D eigenvalue weighted by atomic mass is 32.2. The highest BCUT2D eigenvalue weighted by Gasteiger charge is 2.16. The van der Waals surface area contributed by atoms with Gasteiger partial charge in [-0.3, -0.25) is 9.59 Å². The van der Waals surface area contributed by atoms with Crippen molar-refractivity contribution in [1.82, 2.24) is 9.97 Å². The zero-order chi connectivity index (χ0) is 18.8. The van der Waals surface area contributed by atoms with Gasteiger partial charge < -0.3 is 10.3 Å². The van der Waals surface area contributed by atoms with Crippen LogP contribution in [0.4, 0.5) is 5.69 Å². The maximum Gasteiger partial charge on any atom is 0.259 e. The van der Waals surface area contributed by atoms with E-state index in [4.69, 9.17) is 0 Å². The molecule has 0 saturated heterocycles. The number of carbonyl (C=O) groups is 1. The van der Waals surface area contributed by atoms with E-state index in [2.05, 4.69) is 15.3 Å². The third-order valence-electron chi connectivity index (χ3n) is 4.21. The lowest BCUT2D eigenvalue weighted by Crippen LogP contribution is -2.23. The van der Waals surface area contributed by atoms with Crippen molar-refractivity contribution < 1.29 is 4.79 Å². The highest BCUT2D eigenvalue weighted by molar-refractivity contribution is 7.99. The van der Waals surface area contributed by atoms with Crippen LogP contribution in [0.3, 0.4) is 0 Å². The van der Waals surface area contributed by atoms with Crippen molar-refractivity contribution in [1.29, 1.82) is 0 Å². The van der Waals surface area contributed by atoms with Gasteiger partial charge in [-0.2, -0.15) is 0 Å². The van der Waals surface area contributed by atoms with E-state index in [0.717, 1.165) is 26.5 Å². The average Bonchev–Trinajstić information content (AvgIpc) is 2.87. The second-order valence-corrected chi connectivity index (χ2v) is 8.82. The third-order valence-corrected chi connectivity index (χ3v) is 6.47. The zero-order valence-corrected chi connectivity index (χ0v) is 16.8. The van der Waals surface area contributed by atoms with E-state index in [1.54, 1.807) is 0 Å². The monoisotopic (exact) mass is 387 g/mol. The van der Waals surface area contributed by atoms with Crippen LogP contribution in [-0.4, -0.2) is 21.1 Å². The molecule has 0 radical (unpaired) electrons. The predicted molar refractivity (Wildman–Crippen MR) is 110 cm³/mol. The van der Waals surface area contributed by atoms with Crippen LogP contribution in [0.15, 0.2) is 29.1 Å². The smallest absolute Gasteiger partial charge is 0.259 e. The molecule has 2 N–H and O–H groups in total. The van der Waals surface area contributed by atoms with Gasteiger partial charge in [0.15, 0.2) is 0 Å². The molecule has 0 bridgehead atoms. The fourth-order valence-corrected chi connectivity index (χ4v) is 4.42. The number of thioether (sulfide) groups is 1. The van der Waals surface area contributed by atoms with Gasteiger partial charge in [-0.15, -0.1) is 23.1 Å². The molecule has 136 valence electrons. The highest BCUT2D eigenvalue weighted by Crippen LogP contribution is 2.26. The van der Waals surface area contributed by atoms with E-state index in [-0.39, 0.29) is 16.7 Å². The summed E-state index contributed by atoms with van der Waals surface area (Å²) < 4.78 is 0. The molecular formula is C19H21N3O2S2. The number of aromatic nitrogens is 2. The van der Waals surface area contributed by atoms with Crippen LogP contribution in [0.1, 0.15) is 28.8 Å². The van der Waals surface area contributed by atoms with E-state index in [0.29, 0.717) is 17.0 Å². The number of thiophene rings is 1. The number of aromatic amines is 1. The molecule has 2 heterocycles. The van der Waals surface area contributed by atoms with Crippen LogP contribution in [0.5, 0.6) is 0 Å². The number of rotatable bonds is 5. The van der Waals surface area contributed by atoms with Gasteiger partial charge in [0.25, 0.3) is 5.56 Å². The quantitative estimate of drug-likeness (QED) is 0.689. The van der Waals surface area contributed by atoms with Crippen molar-refractivity contribution in [3.05, 3.63) is 56.4 Å². The van der Waals surface area contributed by atoms with Crippen molar-refractivity contribution >= 4 is 44.9 Å². The molecule has 1 unspecified atom stereocenters.